The number of thioether (sulfide) groups is 1. The van der Waals surface area contributed by atoms with Crippen LogP contribution < -0.4 is 0 Å². The zero-order valence-corrected chi connectivity index (χ0v) is 13.8. The fraction of sp³-hybridized carbons (Fsp3) is 0.111. The molecule has 0 atom stereocenters. The molecule has 0 unspecified atom stereocenters. The van der Waals surface area contributed by atoms with Gasteiger partial charge in [0.05, 0.1) is 10.6 Å². The zero-order valence-electron chi connectivity index (χ0n) is 12.9. The predicted molar refractivity (Wildman–Crippen MR) is 94.6 cm³/mol. The predicted octanol–water partition coefficient (Wildman–Crippen LogP) is 4.16. The van der Waals surface area contributed by atoms with Crippen molar-refractivity contribution in [3.63, 3.8) is 0 Å². The average molecular weight is 342 g/mol. The monoisotopic (exact) mass is 342 g/mol. The molecule has 1 aliphatic rings. The van der Waals surface area contributed by atoms with Gasteiger partial charge >= 0.3 is 0 Å². The van der Waals surface area contributed by atoms with Crippen molar-refractivity contribution in [3.05, 3.63) is 64.8 Å². The fourth-order valence-electron chi connectivity index (χ4n) is 2.25. The average Bonchev–Trinajstić information content (AvgIpc) is 2.84. The molecule has 122 valence electrons. The van der Waals surface area contributed by atoms with Crippen LogP contribution in [-0.2, 0) is 4.79 Å². The number of carbonyl (C=O) groups is 1. The molecule has 0 bridgehead atoms. The highest BCUT2D eigenvalue weighted by Crippen LogP contribution is 2.34. The first-order valence-corrected chi connectivity index (χ1v) is 8.23. The molecule has 1 fully saturated rings. The zero-order chi connectivity index (χ0) is 17.1. The summed E-state index contributed by atoms with van der Waals surface area (Å²) >= 11 is 1.26. The van der Waals surface area contributed by atoms with E-state index in [-0.39, 0.29) is 17.5 Å². The molecule has 1 N–H and O–H groups in total. The molecule has 0 aliphatic carbocycles. The number of aromatic hydroxyl groups is 1. The van der Waals surface area contributed by atoms with Crippen LogP contribution in [0.3, 0.4) is 0 Å². The first-order valence-electron chi connectivity index (χ1n) is 7.41. The van der Waals surface area contributed by atoms with Crippen LogP contribution in [0.2, 0.25) is 0 Å². The second kappa shape index (κ2) is 6.88. The van der Waals surface area contributed by atoms with Gasteiger partial charge in [0, 0.05) is 12.6 Å². The van der Waals surface area contributed by atoms with Gasteiger partial charge in [0.25, 0.3) is 5.91 Å². The molecule has 1 amide bonds. The van der Waals surface area contributed by atoms with E-state index < -0.39 is 0 Å². The van der Waals surface area contributed by atoms with Crippen molar-refractivity contribution in [1.29, 1.82) is 0 Å². The molecule has 2 aromatic carbocycles. The Hall–Kier alpha value is -2.60. The highest BCUT2D eigenvalue weighted by atomic mass is 32.2. The van der Waals surface area contributed by atoms with Crippen molar-refractivity contribution in [2.24, 2.45) is 4.99 Å². The Morgan fingerprint density at radius 3 is 2.67 bits per heavy atom. The summed E-state index contributed by atoms with van der Waals surface area (Å²) in [4.78, 5) is 19.1. The van der Waals surface area contributed by atoms with Gasteiger partial charge in [-0.3, -0.25) is 9.69 Å². The molecule has 24 heavy (non-hydrogen) atoms. The first-order chi connectivity index (χ1) is 11.6. The summed E-state index contributed by atoms with van der Waals surface area (Å²) in [6, 6.07) is 12.5. The van der Waals surface area contributed by atoms with Crippen LogP contribution >= 0.6 is 11.8 Å². The number of halogens is 1. The second-order valence-corrected chi connectivity index (χ2v) is 6.13. The quantitative estimate of drug-likeness (QED) is 0.853. The molecule has 6 heteroatoms. The van der Waals surface area contributed by atoms with Crippen LogP contribution in [0.15, 0.2) is 58.4 Å². The number of amides is 1. The van der Waals surface area contributed by atoms with Gasteiger partial charge in [-0.1, -0.05) is 18.2 Å². The maximum absolute atomic E-state index is 13.0. The molecular weight excluding hydrogens is 327 g/mol. The van der Waals surface area contributed by atoms with E-state index in [1.165, 1.54) is 30.0 Å². The van der Waals surface area contributed by atoms with E-state index in [4.69, 9.17) is 0 Å². The molecule has 1 heterocycles. The minimum atomic E-state index is -0.316. The third kappa shape index (κ3) is 3.49. The Labute approximate surface area is 143 Å². The lowest BCUT2D eigenvalue weighted by Gasteiger charge is -2.11. The van der Waals surface area contributed by atoms with Crippen molar-refractivity contribution < 1.29 is 14.3 Å². The summed E-state index contributed by atoms with van der Waals surface area (Å²) < 4.78 is 13.0. The maximum Gasteiger partial charge on any atom is 0.266 e. The van der Waals surface area contributed by atoms with Gasteiger partial charge in [0.2, 0.25) is 0 Å². The summed E-state index contributed by atoms with van der Waals surface area (Å²) in [7, 11) is 0. The first kappa shape index (κ1) is 16.3. The van der Waals surface area contributed by atoms with Gasteiger partial charge in [-0.2, -0.15) is 0 Å². The van der Waals surface area contributed by atoms with Crippen LogP contribution in [0.5, 0.6) is 5.75 Å². The summed E-state index contributed by atoms with van der Waals surface area (Å²) in [5.74, 6) is -0.328. The molecule has 1 aliphatic heterocycles. The SMILES string of the molecule is CCN1C(=O)/C(=C/c2ccc(F)cc2)SC1=Nc1cccc(O)c1. The number of benzene rings is 2. The van der Waals surface area contributed by atoms with E-state index in [2.05, 4.69) is 4.99 Å². The van der Waals surface area contributed by atoms with Crippen molar-refractivity contribution in [2.45, 2.75) is 6.92 Å². The van der Waals surface area contributed by atoms with E-state index >= 15 is 0 Å². The third-order valence-corrected chi connectivity index (χ3v) is 4.43. The Morgan fingerprint density at radius 1 is 1.25 bits per heavy atom. The summed E-state index contributed by atoms with van der Waals surface area (Å²) in [5.41, 5.74) is 1.33. The molecule has 4 nitrogen and oxygen atoms in total. The van der Waals surface area contributed by atoms with Crippen molar-refractivity contribution in [2.75, 3.05) is 6.54 Å². The van der Waals surface area contributed by atoms with Gasteiger partial charge in [0.15, 0.2) is 5.17 Å². The second-order valence-electron chi connectivity index (χ2n) is 5.13. The molecule has 0 saturated carbocycles. The number of nitrogens with zero attached hydrogens (tertiary/aromatic N) is 2. The van der Waals surface area contributed by atoms with Gasteiger partial charge in [0.1, 0.15) is 11.6 Å². The molecule has 3 rings (SSSR count). The van der Waals surface area contributed by atoms with E-state index in [1.807, 2.05) is 6.92 Å². The third-order valence-electron chi connectivity index (χ3n) is 3.43. The van der Waals surface area contributed by atoms with Crippen LogP contribution in [0.4, 0.5) is 10.1 Å². The largest absolute Gasteiger partial charge is 0.508 e. The Bertz CT molecular complexity index is 831. The number of hydrogen-bond donors (Lipinski definition) is 1. The smallest absolute Gasteiger partial charge is 0.266 e. The molecule has 0 aromatic heterocycles. The highest BCUT2D eigenvalue weighted by molar-refractivity contribution is 8.18. The van der Waals surface area contributed by atoms with Crippen LogP contribution in [0, 0.1) is 5.82 Å². The van der Waals surface area contributed by atoms with Crippen LogP contribution in [0.25, 0.3) is 6.08 Å². The number of carbonyl (C=O) groups excluding carboxylic acids is 1. The van der Waals surface area contributed by atoms with Crippen molar-refractivity contribution in [1.82, 2.24) is 4.90 Å². The van der Waals surface area contributed by atoms with Gasteiger partial charge in [-0.25, -0.2) is 9.38 Å². The number of rotatable bonds is 3. The Kier molecular flexibility index (Phi) is 4.66. The van der Waals surface area contributed by atoms with E-state index in [0.29, 0.717) is 22.3 Å². The molecule has 1 saturated heterocycles. The number of phenolic OH excluding ortho intramolecular Hbond substituents is 1. The van der Waals surface area contributed by atoms with E-state index in [0.717, 1.165) is 5.56 Å². The molecule has 0 radical (unpaired) electrons. The highest BCUT2D eigenvalue weighted by Gasteiger charge is 2.32. The molecule has 0 spiro atoms. The van der Waals surface area contributed by atoms with Crippen molar-refractivity contribution in [3.8, 4) is 5.75 Å². The summed E-state index contributed by atoms with van der Waals surface area (Å²) in [6.07, 6.45) is 1.72. The Morgan fingerprint density at radius 2 is 2.00 bits per heavy atom. The van der Waals surface area contributed by atoms with E-state index in [9.17, 15) is 14.3 Å². The number of hydrogen-bond acceptors (Lipinski definition) is 4. The van der Waals surface area contributed by atoms with Gasteiger partial charge < -0.3 is 5.11 Å². The summed E-state index contributed by atoms with van der Waals surface area (Å²) in [5, 5.41) is 10.1. The number of phenols is 1. The minimum Gasteiger partial charge on any atom is -0.508 e. The maximum atomic E-state index is 13.0. The van der Waals surface area contributed by atoms with Gasteiger partial charge in [-0.15, -0.1) is 0 Å². The lowest BCUT2D eigenvalue weighted by Crippen LogP contribution is -2.28. The van der Waals surface area contributed by atoms with E-state index in [1.54, 1.807) is 41.3 Å². The van der Waals surface area contributed by atoms with Crippen LogP contribution in [-0.4, -0.2) is 27.6 Å². The number of aliphatic imine (C=N–C) groups is 1. The van der Waals surface area contributed by atoms with Crippen LogP contribution in [0.1, 0.15) is 12.5 Å². The minimum absolute atomic E-state index is 0.122. The Balaban J connectivity index is 1.92. The standard InChI is InChI=1S/C18H15FN2O2S/c1-2-21-17(23)16(10-12-6-8-13(19)9-7-12)24-18(21)20-14-4-3-5-15(22)11-14/h3-11,22H,2H2,1H3/b16-10-,20-18?. The fourth-order valence-corrected chi connectivity index (χ4v) is 3.32. The van der Waals surface area contributed by atoms with Gasteiger partial charge in [-0.05, 0) is 54.6 Å². The molecular formula is C18H15FN2O2S. The number of likely N-dealkylation sites (N-methyl/N-ethyl adjacent to an activating group) is 1. The number of amidine groups is 1. The topological polar surface area (TPSA) is 52.9 Å². The lowest BCUT2D eigenvalue weighted by molar-refractivity contribution is -0.122. The van der Waals surface area contributed by atoms with Crippen molar-refractivity contribution >= 4 is 34.6 Å². The normalized spacial score (nSPS) is 17.9. The lowest BCUT2D eigenvalue weighted by atomic mass is 10.2. The summed E-state index contributed by atoms with van der Waals surface area (Å²) in [6.45, 7) is 2.36. The molecule has 2 aromatic rings.